The monoisotopic (exact) mass is 373 g/mol. The van der Waals surface area contributed by atoms with Gasteiger partial charge in [-0.3, -0.25) is 4.79 Å². The minimum Gasteiger partial charge on any atom is -0.508 e. The van der Waals surface area contributed by atoms with Gasteiger partial charge in [0, 0.05) is 30.5 Å². The van der Waals surface area contributed by atoms with Crippen molar-refractivity contribution in [1.29, 1.82) is 0 Å². The molecule has 0 aliphatic heterocycles. The summed E-state index contributed by atoms with van der Waals surface area (Å²) in [5.74, 6) is 2.12. The summed E-state index contributed by atoms with van der Waals surface area (Å²) in [6, 6.07) is 15.0. The smallest absolute Gasteiger partial charge is 0.222 e. The molecule has 26 heavy (non-hydrogen) atoms. The second kappa shape index (κ2) is 10.1. The van der Waals surface area contributed by atoms with Crippen molar-refractivity contribution in [2.24, 2.45) is 0 Å². The van der Waals surface area contributed by atoms with Gasteiger partial charge < -0.3 is 14.7 Å². The van der Waals surface area contributed by atoms with Crippen molar-refractivity contribution in [3.63, 3.8) is 0 Å². The maximum atomic E-state index is 12.4. The molecule has 4 nitrogen and oxygen atoms in total. The molecule has 1 amide bonds. The van der Waals surface area contributed by atoms with Gasteiger partial charge in [-0.15, -0.1) is 11.8 Å². The van der Waals surface area contributed by atoms with Crippen molar-refractivity contribution in [3.05, 3.63) is 54.1 Å². The van der Waals surface area contributed by atoms with Crippen LogP contribution in [0.3, 0.4) is 0 Å². The number of amides is 1. The Morgan fingerprint density at radius 1 is 1.15 bits per heavy atom. The second-order valence-electron chi connectivity index (χ2n) is 6.47. The van der Waals surface area contributed by atoms with E-state index in [0.29, 0.717) is 13.0 Å². The molecule has 0 heterocycles. The van der Waals surface area contributed by atoms with E-state index in [-0.39, 0.29) is 17.8 Å². The molecule has 140 valence electrons. The molecule has 2 aromatic rings. The number of phenols is 1. The highest BCUT2D eigenvalue weighted by Crippen LogP contribution is 2.23. The Bertz CT molecular complexity index is 701. The van der Waals surface area contributed by atoms with Gasteiger partial charge in [-0.2, -0.15) is 0 Å². The SMILES string of the molecule is CC(C)Oc1ccccc1CN(C)C(=O)CCCSc1ccc(O)cc1. The number of nitrogens with zero attached hydrogens (tertiary/aromatic N) is 1. The quantitative estimate of drug-likeness (QED) is 0.511. The predicted molar refractivity (Wildman–Crippen MR) is 107 cm³/mol. The van der Waals surface area contributed by atoms with Gasteiger partial charge in [0.2, 0.25) is 5.91 Å². The average molecular weight is 374 g/mol. The molecule has 2 rings (SSSR count). The van der Waals surface area contributed by atoms with Crippen LogP contribution >= 0.6 is 11.8 Å². The van der Waals surface area contributed by atoms with Crippen LogP contribution in [0.15, 0.2) is 53.4 Å². The van der Waals surface area contributed by atoms with Crippen LogP contribution in [-0.4, -0.2) is 34.8 Å². The molecule has 0 aliphatic carbocycles. The number of benzene rings is 2. The zero-order chi connectivity index (χ0) is 18.9. The van der Waals surface area contributed by atoms with E-state index >= 15 is 0 Å². The third-order valence-corrected chi connectivity index (χ3v) is 4.91. The standard InChI is InChI=1S/C21H27NO3S/c1-16(2)25-20-8-5-4-7-17(20)15-22(3)21(24)9-6-14-26-19-12-10-18(23)11-13-19/h4-5,7-8,10-13,16,23H,6,9,14-15H2,1-3H3. The number of hydrogen-bond acceptors (Lipinski definition) is 4. The molecular formula is C21H27NO3S. The van der Waals surface area contributed by atoms with Gasteiger partial charge in [0.25, 0.3) is 0 Å². The third kappa shape index (κ3) is 6.64. The molecule has 0 spiro atoms. The van der Waals surface area contributed by atoms with Crippen molar-refractivity contribution in [3.8, 4) is 11.5 Å². The molecule has 0 radical (unpaired) electrons. The molecule has 0 aliphatic rings. The van der Waals surface area contributed by atoms with Crippen LogP contribution in [0.25, 0.3) is 0 Å². The number of rotatable bonds is 9. The van der Waals surface area contributed by atoms with Gasteiger partial charge in [0.05, 0.1) is 6.10 Å². The number of thioether (sulfide) groups is 1. The molecule has 0 saturated heterocycles. The summed E-state index contributed by atoms with van der Waals surface area (Å²) < 4.78 is 5.82. The Hall–Kier alpha value is -2.14. The fourth-order valence-electron chi connectivity index (χ4n) is 2.49. The van der Waals surface area contributed by atoms with E-state index in [1.165, 1.54) is 0 Å². The Labute approximate surface area is 160 Å². The van der Waals surface area contributed by atoms with Gasteiger partial charge in [-0.05, 0) is 56.4 Å². The van der Waals surface area contributed by atoms with Crippen LogP contribution in [0, 0.1) is 0 Å². The highest BCUT2D eigenvalue weighted by Gasteiger charge is 2.12. The summed E-state index contributed by atoms with van der Waals surface area (Å²) >= 11 is 1.69. The fourth-order valence-corrected chi connectivity index (χ4v) is 3.35. The molecule has 0 unspecified atom stereocenters. The largest absolute Gasteiger partial charge is 0.508 e. The van der Waals surface area contributed by atoms with Crippen LogP contribution in [-0.2, 0) is 11.3 Å². The van der Waals surface area contributed by atoms with Crippen LogP contribution in [0.1, 0.15) is 32.3 Å². The highest BCUT2D eigenvalue weighted by molar-refractivity contribution is 7.99. The lowest BCUT2D eigenvalue weighted by Crippen LogP contribution is -2.26. The first kappa shape index (κ1) is 20.2. The van der Waals surface area contributed by atoms with Gasteiger partial charge in [-0.1, -0.05) is 18.2 Å². The third-order valence-electron chi connectivity index (χ3n) is 3.81. The lowest BCUT2D eigenvalue weighted by atomic mass is 10.2. The Morgan fingerprint density at radius 2 is 1.85 bits per heavy atom. The lowest BCUT2D eigenvalue weighted by Gasteiger charge is -2.20. The minimum atomic E-state index is 0.106. The molecule has 0 fully saturated rings. The van der Waals surface area contributed by atoms with E-state index in [9.17, 15) is 9.90 Å². The summed E-state index contributed by atoms with van der Waals surface area (Å²) in [7, 11) is 1.83. The average Bonchev–Trinajstić information content (AvgIpc) is 2.61. The van der Waals surface area contributed by atoms with Gasteiger partial charge in [-0.25, -0.2) is 0 Å². The van der Waals surface area contributed by atoms with Gasteiger partial charge in [0.1, 0.15) is 11.5 Å². The van der Waals surface area contributed by atoms with Crippen molar-refractivity contribution < 1.29 is 14.6 Å². The number of ether oxygens (including phenoxy) is 1. The van der Waals surface area contributed by atoms with E-state index in [1.54, 1.807) is 28.8 Å². The lowest BCUT2D eigenvalue weighted by molar-refractivity contribution is -0.130. The first-order valence-corrected chi connectivity index (χ1v) is 9.84. The Kier molecular flexibility index (Phi) is 7.85. The van der Waals surface area contributed by atoms with Crippen LogP contribution in [0.4, 0.5) is 0 Å². The Morgan fingerprint density at radius 3 is 2.54 bits per heavy atom. The molecule has 0 aromatic heterocycles. The van der Waals surface area contributed by atoms with Crippen molar-refractivity contribution in [1.82, 2.24) is 4.90 Å². The van der Waals surface area contributed by atoms with E-state index in [1.807, 2.05) is 57.3 Å². The highest BCUT2D eigenvalue weighted by atomic mass is 32.2. The number of carbonyl (C=O) groups is 1. The van der Waals surface area contributed by atoms with Crippen molar-refractivity contribution >= 4 is 17.7 Å². The van der Waals surface area contributed by atoms with Gasteiger partial charge >= 0.3 is 0 Å². The van der Waals surface area contributed by atoms with E-state index < -0.39 is 0 Å². The summed E-state index contributed by atoms with van der Waals surface area (Å²) in [5, 5.41) is 9.28. The summed E-state index contributed by atoms with van der Waals surface area (Å²) in [6.07, 6.45) is 1.45. The van der Waals surface area contributed by atoms with Crippen LogP contribution < -0.4 is 4.74 Å². The normalized spacial score (nSPS) is 10.8. The molecule has 1 N–H and O–H groups in total. The number of aromatic hydroxyl groups is 1. The molecule has 0 bridgehead atoms. The summed E-state index contributed by atoms with van der Waals surface area (Å²) in [5.41, 5.74) is 1.02. The summed E-state index contributed by atoms with van der Waals surface area (Å²) in [6.45, 7) is 4.54. The minimum absolute atomic E-state index is 0.106. The van der Waals surface area contributed by atoms with Crippen LogP contribution in [0.5, 0.6) is 11.5 Å². The number of hydrogen-bond donors (Lipinski definition) is 1. The van der Waals surface area contributed by atoms with Crippen LogP contribution in [0.2, 0.25) is 0 Å². The van der Waals surface area contributed by atoms with E-state index in [2.05, 4.69) is 0 Å². The number of para-hydroxylation sites is 1. The fraction of sp³-hybridized carbons (Fsp3) is 0.381. The summed E-state index contributed by atoms with van der Waals surface area (Å²) in [4.78, 5) is 15.2. The molecular weight excluding hydrogens is 346 g/mol. The maximum absolute atomic E-state index is 12.4. The van der Waals surface area contributed by atoms with Crippen molar-refractivity contribution in [2.45, 2.75) is 44.2 Å². The zero-order valence-electron chi connectivity index (χ0n) is 15.6. The maximum Gasteiger partial charge on any atom is 0.222 e. The van der Waals surface area contributed by atoms with E-state index in [0.717, 1.165) is 28.4 Å². The topological polar surface area (TPSA) is 49.8 Å². The molecule has 0 atom stereocenters. The predicted octanol–water partition coefficient (Wildman–Crippen LogP) is 4.71. The first-order chi connectivity index (χ1) is 12.5. The molecule has 2 aromatic carbocycles. The van der Waals surface area contributed by atoms with E-state index in [4.69, 9.17) is 4.74 Å². The second-order valence-corrected chi connectivity index (χ2v) is 7.64. The Balaban J connectivity index is 1.78. The van der Waals surface area contributed by atoms with Gasteiger partial charge in [0.15, 0.2) is 0 Å². The zero-order valence-corrected chi connectivity index (χ0v) is 16.5. The molecule has 5 heteroatoms. The number of phenolic OH excluding ortho intramolecular Hbond substituents is 1. The van der Waals surface area contributed by atoms with Crippen molar-refractivity contribution in [2.75, 3.05) is 12.8 Å². The number of carbonyl (C=O) groups excluding carboxylic acids is 1. The molecule has 0 saturated carbocycles. The first-order valence-electron chi connectivity index (χ1n) is 8.86.